The van der Waals surface area contributed by atoms with E-state index in [2.05, 4.69) is 11.4 Å². The smallest absolute Gasteiger partial charge is 0.258 e. The van der Waals surface area contributed by atoms with Crippen LogP contribution in [-0.4, -0.2) is 10.3 Å². The summed E-state index contributed by atoms with van der Waals surface area (Å²) in [5.41, 5.74) is 4.01. The average molecular weight is 338 g/mol. The van der Waals surface area contributed by atoms with Gasteiger partial charge in [-0.3, -0.25) is 4.79 Å². The van der Waals surface area contributed by atoms with Crippen LogP contribution in [0.15, 0.2) is 48.7 Å². The molecule has 1 aromatic carbocycles. The fraction of sp³-hybridized carbons (Fsp3) is 0.158. The molecule has 0 aliphatic carbocycles. The molecule has 0 saturated carbocycles. The first-order valence-electron chi connectivity index (χ1n) is 7.64. The number of anilines is 1. The molecule has 4 nitrogen and oxygen atoms in total. The van der Waals surface area contributed by atoms with Crippen molar-refractivity contribution < 1.29 is 4.79 Å². The van der Waals surface area contributed by atoms with E-state index >= 15 is 0 Å². The van der Waals surface area contributed by atoms with Crippen molar-refractivity contribution in [3.63, 3.8) is 0 Å². The van der Waals surface area contributed by atoms with Crippen LogP contribution in [0.2, 0.25) is 5.02 Å². The molecular formula is C19H16ClN3O. The number of nitriles is 1. The highest BCUT2D eigenvalue weighted by atomic mass is 35.5. The van der Waals surface area contributed by atoms with Crippen molar-refractivity contribution in [2.45, 2.75) is 19.8 Å². The van der Waals surface area contributed by atoms with Crippen LogP contribution >= 0.6 is 11.6 Å². The van der Waals surface area contributed by atoms with Gasteiger partial charge >= 0.3 is 0 Å². The Morgan fingerprint density at radius 3 is 2.88 bits per heavy atom. The highest BCUT2D eigenvalue weighted by molar-refractivity contribution is 6.31. The van der Waals surface area contributed by atoms with Crippen molar-refractivity contribution >= 4 is 28.7 Å². The van der Waals surface area contributed by atoms with E-state index in [1.54, 1.807) is 24.3 Å². The number of hydrogen-bond donors (Lipinski definition) is 1. The molecule has 0 atom stereocenters. The maximum absolute atomic E-state index is 12.8. The number of aryl methyl sites for hydroxylation is 1. The number of pyridine rings is 1. The molecule has 3 rings (SSSR count). The number of amides is 1. The molecule has 2 aromatic heterocycles. The van der Waals surface area contributed by atoms with E-state index in [0.717, 1.165) is 16.8 Å². The second-order valence-corrected chi connectivity index (χ2v) is 5.96. The quantitative estimate of drug-likeness (QED) is 0.755. The third-order valence-electron chi connectivity index (χ3n) is 4.00. The van der Waals surface area contributed by atoms with Gasteiger partial charge < -0.3 is 9.72 Å². The summed E-state index contributed by atoms with van der Waals surface area (Å²) in [6.45, 7) is 1.92. The van der Waals surface area contributed by atoms with E-state index < -0.39 is 0 Å². The van der Waals surface area contributed by atoms with E-state index in [-0.39, 0.29) is 5.91 Å². The molecule has 0 spiro atoms. The molecule has 1 amide bonds. The van der Waals surface area contributed by atoms with Crippen molar-refractivity contribution in [2.24, 2.45) is 0 Å². The zero-order valence-corrected chi connectivity index (χ0v) is 14.0. The summed E-state index contributed by atoms with van der Waals surface area (Å²) in [5, 5.41) is 12.3. The van der Waals surface area contributed by atoms with Crippen LogP contribution in [0.25, 0.3) is 5.52 Å². The van der Waals surface area contributed by atoms with E-state index in [4.69, 9.17) is 16.9 Å². The highest BCUT2D eigenvalue weighted by Crippen LogP contribution is 2.26. The van der Waals surface area contributed by atoms with Crippen molar-refractivity contribution in [3.8, 4) is 6.07 Å². The van der Waals surface area contributed by atoms with Crippen LogP contribution in [-0.2, 0) is 6.42 Å². The maximum Gasteiger partial charge on any atom is 0.258 e. The lowest BCUT2D eigenvalue weighted by molar-refractivity contribution is 0.102. The normalized spacial score (nSPS) is 10.5. The monoisotopic (exact) mass is 337 g/mol. The summed E-state index contributed by atoms with van der Waals surface area (Å²) in [6, 6.07) is 15.0. The standard InChI is InChI=1S/C19H16ClN3O/c1-13-16(9-5-10-21)23-11-3-2-8-17(23)18(13)19(24)22-15-7-4-6-14(20)12-15/h2-4,6-8,11-12H,5,9H2,1H3,(H,22,24). The first-order chi connectivity index (χ1) is 11.6. The number of carbonyl (C=O) groups is 1. The van der Waals surface area contributed by atoms with Crippen LogP contribution in [0.1, 0.15) is 28.0 Å². The van der Waals surface area contributed by atoms with Gasteiger partial charge in [0.05, 0.1) is 17.1 Å². The second kappa shape index (κ2) is 6.77. The van der Waals surface area contributed by atoms with Gasteiger partial charge in [0.1, 0.15) is 0 Å². The van der Waals surface area contributed by atoms with E-state index in [0.29, 0.717) is 29.1 Å². The average Bonchev–Trinajstić information content (AvgIpc) is 2.84. The summed E-state index contributed by atoms with van der Waals surface area (Å²) in [4.78, 5) is 12.8. The van der Waals surface area contributed by atoms with E-state index in [9.17, 15) is 4.79 Å². The first-order valence-corrected chi connectivity index (χ1v) is 8.02. The summed E-state index contributed by atoms with van der Waals surface area (Å²) in [7, 11) is 0. The lowest BCUT2D eigenvalue weighted by atomic mass is 10.1. The maximum atomic E-state index is 12.8. The fourth-order valence-electron chi connectivity index (χ4n) is 2.93. The molecule has 0 unspecified atom stereocenters. The van der Waals surface area contributed by atoms with Crippen molar-refractivity contribution in [1.82, 2.24) is 4.40 Å². The largest absolute Gasteiger partial charge is 0.322 e. The lowest BCUT2D eigenvalue weighted by Crippen LogP contribution is -2.12. The Bertz CT molecular complexity index is 953. The Kier molecular flexibility index (Phi) is 4.54. The number of nitrogens with zero attached hydrogens (tertiary/aromatic N) is 2. The van der Waals surface area contributed by atoms with Gasteiger partial charge in [-0.15, -0.1) is 0 Å². The van der Waals surface area contributed by atoms with Crippen molar-refractivity contribution in [3.05, 3.63) is 70.5 Å². The van der Waals surface area contributed by atoms with Gasteiger partial charge in [0.2, 0.25) is 0 Å². The predicted octanol–water partition coefficient (Wildman–Crippen LogP) is 4.61. The van der Waals surface area contributed by atoms with Gasteiger partial charge in [0, 0.05) is 35.4 Å². The molecular weight excluding hydrogens is 322 g/mol. The predicted molar refractivity (Wildman–Crippen MR) is 95.5 cm³/mol. The minimum atomic E-state index is -0.179. The van der Waals surface area contributed by atoms with Gasteiger partial charge in [0.25, 0.3) is 5.91 Å². The molecule has 0 radical (unpaired) electrons. The molecule has 24 heavy (non-hydrogen) atoms. The first kappa shape index (κ1) is 16.1. The molecule has 120 valence electrons. The van der Waals surface area contributed by atoms with Gasteiger partial charge in [-0.2, -0.15) is 5.26 Å². The molecule has 0 aliphatic rings. The van der Waals surface area contributed by atoms with E-state index in [1.165, 1.54) is 0 Å². The zero-order chi connectivity index (χ0) is 17.1. The summed E-state index contributed by atoms with van der Waals surface area (Å²) in [5.74, 6) is -0.179. The summed E-state index contributed by atoms with van der Waals surface area (Å²) >= 11 is 5.98. The third kappa shape index (κ3) is 2.99. The number of rotatable bonds is 4. The Balaban J connectivity index is 2.04. The number of halogens is 1. The summed E-state index contributed by atoms with van der Waals surface area (Å²) < 4.78 is 1.99. The molecule has 2 heterocycles. The molecule has 0 fully saturated rings. The minimum Gasteiger partial charge on any atom is -0.322 e. The number of fused-ring (bicyclic) bond motifs is 1. The summed E-state index contributed by atoms with van der Waals surface area (Å²) in [6.07, 6.45) is 2.94. The van der Waals surface area contributed by atoms with Crippen LogP contribution in [0.5, 0.6) is 0 Å². The molecule has 3 aromatic rings. The van der Waals surface area contributed by atoms with E-state index in [1.807, 2.05) is 35.7 Å². The number of nitrogens with one attached hydrogen (secondary N) is 1. The molecule has 0 aliphatic heterocycles. The van der Waals surface area contributed by atoms with Crippen molar-refractivity contribution in [1.29, 1.82) is 5.26 Å². The minimum absolute atomic E-state index is 0.179. The topological polar surface area (TPSA) is 57.3 Å². The van der Waals surface area contributed by atoms with Gasteiger partial charge in [-0.05, 0) is 42.8 Å². The number of benzene rings is 1. The molecule has 1 N–H and O–H groups in total. The van der Waals surface area contributed by atoms with Crippen LogP contribution in [0.3, 0.4) is 0 Å². The third-order valence-corrected chi connectivity index (χ3v) is 4.23. The lowest BCUT2D eigenvalue weighted by Gasteiger charge is -2.06. The molecule has 0 bridgehead atoms. The highest BCUT2D eigenvalue weighted by Gasteiger charge is 2.20. The number of aromatic nitrogens is 1. The SMILES string of the molecule is Cc1c(C(=O)Nc2cccc(Cl)c2)c2ccccn2c1CCC#N. The second-order valence-electron chi connectivity index (χ2n) is 5.53. The Morgan fingerprint density at radius 2 is 2.12 bits per heavy atom. The zero-order valence-electron chi connectivity index (χ0n) is 13.2. The van der Waals surface area contributed by atoms with Gasteiger partial charge in [-0.1, -0.05) is 23.7 Å². The molecule has 5 heteroatoms. The Labute approximate surface area is 145 Å². The molecule has 0 saturated heterocycles. The Hall–Kier alpha value is -2.77. The fourth-order valence-corrected chi connectivity index (χ4v) is 3.12. The van der Waals surface area contributed by atoms with Gasteiger partial charge in [-0.25, -0.2) is 0 Å². The van der Waals surface area contributed by atoms with Crippen LogP contribution < -0.4 is 5.32 Å². The van der Waals surface area contributed by atoms with Gasteiger partial charge in [0.15, 0.2) is 0 Å². The van der Waals surface area contributed by atoms with Crippen molar-refractivity contribution in [2.75, 3.05) is 5.32 Å². The Morgan fingerprint density at radius 1 is 1.29 bits per heavy atom. The number of hydrogen-bond acceptors (Lipinski definition) is 2. The number of carbonyl (C=O) groups excluding carboxylic acids is 1. The van der Waals surface area contributed by atoms with Crippen LogP contribution in [0.4, 0.5) is 5.69 Å². The van der Waals surface area contributed by atoms with Crippen LogP contribution in [0, 0.1) is 18.3 Å².